The van der Waals surface area contributed by atoms with E-state index in [2.05, 4.69) is 0 Å². The van der Waals surface area contributed by atoms with E-state index >= 15 is 0 Å². The largest absolute Gasteiger partial charge is 0.442 e. The van der Waals surface area contributed by atoms with Crippen molar-refractivity contribution in [2.75, 3.05) is 0 Å². The summed E-state index contributed by atoms with van der Waals surface area (Å²) in [6.45, 7) is 1.75. The van der Waals surface area contributed by atoms with Gasteiger partial charge in [0.25, 0.3) is 0 Å². The van der Waals surface area contributed by atoms with Gasteiger partial charge in [-0.05, 0) is 24.6 Å². The zero-order valence-electron chi connectivity index (χ0n) is 8.73. The Morgan fingerprint density at radius 3 is 2.56 bits per heavy atom. The fraction of sp³-hybridized carbons (Fsp3) is 0.200. The molecule has 16 heavy (non-hydrogen) atoms. The van der Waals surface area contributed by atoms with Crippen molar-refractivity contribution in [3.8, 4) is 5.69 Å². The van der Waals surface area contributed by atoms with Crippen molar-refractivity contribution in [2.45, 2.75) is 6.92 Å². The Morgan fingerprint density at radius 1 is 1.31 bits per heavy atom. The summed E-state index contributed by atoms with van der Waals surface area (Å²) in [5.41, 5.74) is 0.617. The molecule has 0 saturated carbocycles. The number of benzene rings is 1. The summed E-state index contributed by atoms with van der Waals surface area (Å²) in [6.07, 6.45) is 0. The van der Waals surface area contributed by atoms with Crippen LogP contribution in [0, 0.1) is 6.92 Å². The van der Waals surface area contributed by atoms with Crippen molar-refractivity contribution >= 4 is 11.6 Å². The van der Waals surface area contributed by atoms with Gasteiger partial charge in [-0.3, -0.25) is 0 Å². The Bertz CT molecular complexity index is 651. The summed E-state index contributed by atoms with van der Waals surface area (Å²) in [7, 11) is 1.35. The fourth-order valence-electron chi connectivity index (χ4n) is 1.36. The lowest BCUT2D eigenvalue weighted by atomic mass is 10.2. The monoisotopic (exact) mass is 240 g/mol. The van der Waals surface area contributed by atoms with Crippen molar-refractivity contribution in [3.05, 3.63) is 49.8 Å². The number of hydrogen-bond acceptors (Lipinski definition) is 3. The lowest BCUT2D eigenvalue weighted by Gasteiger charge is -2.04. The molecule has 0 N–H and O–H groups in total. The molecule has 1 aromatic carbocycles. The summed E-state index contributed by atoms with van der Waals surface area (Å²) in [5.74, 6) is -0.704. The van der Waals surface area contributed by atoms with Crippen molar-refractivity contribution < 1.29 is 4.52 Å². The Balaban J connectivity index is 2.78. The van der Waals surface area contributed by atoms with Gasteiger partial charge in [-0.15, -0.1) is 4.74 Å². The molecule has 1 aromatic heterocycles. The van der Waals surface area contributed by atoms with E-state index in [4.69, 9.17) is 16.1 Å². The van der Waals surface area contributed by atoms with Crippen LogP contribution in [-0.2, 0) is 7.05 Å². The quantitative estimate of drug-likeness (QED) is 0.750. The maximum atomic E-state index is 11.6. The van der Waals surface area contributed by atoms with Gasteiger partial charge >= 0.3 is 11.4 Å². The van der Waals surface area contributed by atoms with E-state index in [1.165, 1.54) is 7.05 Å². The molecule has 0 aliphatic carbocycles. The van der Waals surface area contributed by atoms with Crippen molar-refractivity contribution in [2.24, 2.45) is 7.05 Å². The highest BCUT2D eigenvalue weighted by Gasteiger charge is 2.12. The smallest absolute Gasteiger partial charge is 0.312 e. The Labute approximate surface area is 95.4 Å². The molecule has 0 aliphatic rings. The van der Waals surface area contributed by atoms with Crippen molar-refractivity contribution in [1.29, 1.82) is 0 Å². The van der Waals surface area contributed by atoms with Gasteiger partial charge in [-0.1, -0.05) is 17.7 Å². The maximum Gasteiger partial charge on any atom is 0.442 e. The zero-order chi connectivity index (χ0) is 11.9. The van der Waals surface area contributed by atoms with Crippen LogP contribution in [0.25, 0.3) is 5.69 Å². The molecule has 0 radical (unpaired) electrons. The Kier molecular flexibility index (Phi) is 2.47. The van der Waals surface area contributed by atoms with Crippen LogP contribution in [-0.4, -0.2) is 9.31 Å². The van der Waals surface area contributed by atoms with E-state index in [1.54, 1.807) is 25.1 Å². The first-order valence-corrected chi connectivity index (χ1v) is 4.95. The minimum absolute atomic E-state index is 0.468. The molecule has 2 aromatic rings. The highest BCUT2D eigenvalue weighted by Crippen LogP contribution is 2.20. The molecule has 0 aliphatic heterocycles. The van der Waals surface area contributed by atoms with Crippen LogP contribution in [0.4, 0.5) is 0 Å². The summed E-state index contributed by atoms with van der Waals surface area (Å²) < 4.78 is 6.64. The van der Waals surface area contributed by atoms with E-state index in [9.17, 15) is 9.59 Å². The number of hydrogen-bond donors (Lipinski definition) is 0. The van der Waals surface area contributed by atoms with Gasteiger partial charge in [0.2, 0.25) is 0 Å². The zero-order valence-corrected chi connectivity index (χ0v) is 9.49. The molecule has 0 unspecified atom stereocenters. The first-order valence-electron chi connectivity index (χ1n) is 4.57. The second-order valence-corrected chi connectivity index (χ2v) is 3.78. The Morgan fingerprint density at radius 2 is 2.00 bits per heavy atom. The minimum Gasteiger partial charge on any atom is -0.312 e. The van der Waals surface area contributed by atoms with E-state index < -0.39 is 11.4 Å². The molecular weight excluding hydrogens is 232 g/mol. The molecule has 0 saturated heterocycles. The molecule has 84 valence electrons. The third-order valence-electron chi connectivity index (χ3n) is 2.36. The van der Waals surface area contributed by atoms with Gasteiger partial charge in [-0.2, -0.15) is 0 Å². The molecule has 0 bridgehead atoms. The lowest BCUT2D eigenvalue weighted by Crippen LogP contribution is -2.25. The van der Waals surface area contributed by atoms with Gasteiger partial charge in [-0.25, -0.2) is 14.2 Å². The van der Waals surface area contributed by atoms with Crippen LogP contribution in [0.3, 0.4) is 0 Å². The molecule has 0 spiro atoms. The van der Waals surface area contributed by atoms with Crippen molar-refractivity contribution in [1.82, 2.24) is 9.31 Å². The van der Waals surface area contributed by atoms with Crippen LogP contribution in [0.1, 0.15) is 5.56 Å². The average molecular weight is 241 g/mol. The number of aromatic nitrogens is 2. The predicted molar refractivity (Wildman–Crippen MR) is 59.3 cm³/mol. The normalized spacial score (nSPS) is 10.7. The molecule has 0 fully saturated rings. The number of rotatable bonds is 1. The van der Waals surface area contributed by atoms with E-state index in [0.717, 1.165) is 9.31 Å². The van der Waals surface area contributed by atoms with E-state index in [1.807, 2.05) is 0 Å². The lowest BCUT2D eigenvalue weighted by molar-refractivity contribution is 0.311. The van der Waals surface area contributed by atoms with Crippen LogP contribution < -0.4 is 11.4 Å². The fourth-order valence-corrected chi connectivity index (χ4v) is 1.53. The van der Waals surface area contributed by atoms with Gasteiger partial charge in [0, 0.05) is 12.1 Å². The second kappa shape index (κ2) is 3.68. The molecule has 1 heterocycles. The molecular formula is C10H9ClN2O3. The number of halogens is 1. The van der Waals surface area contributed by atoms with E-state index in [0.29, 0.717) is 16.3 Å². The van der Waals surface area contributed by atoms with Crippen LogP contribution in [0.5, 0.6) is 0 Å². The van der Waals surface area contributed by atoms with Gasteiger partial charge in [0.1, 0.15) is 0 Å². The predicted octanol–water partition coefficient (Wildman–Crippen LogP) is 1.09. The second-order valence-electron chi connectivity index (χ2n) is 3.38. The van der Waals surface area contributed by atoms with Crippen molar-refractivity contribution in [3.63, 3.8) is 0 Å². The van der Waals surface area contributed by atoms with Gasteiger partial charge in [0.15, 0.2) is 0 Å². The molecule has 5 nitrogen and oxygen atoms in total. The maximum absolute atomic E-state index is 11.6. The third-order valence-corrected chi connectivity index (χ3v) is 2.77. The summed E-state index contributed by atoms with van der Waals surface area (Å²) in [4.78, 5) is 22.8. The molecule has 2 rings (SSSR count). The average Bonchev–Trinajstić information content (AvgIpc) is 2.50. The first-order chi connectivity index (χ1) is 7.52. The van der Waals surface area contributed by atoms with E-state index in [-0.39, 0.29) is 0 Å². The molecule has 0 atom stereocenters. The topological polar surface area (TPSA) is 57.1 Å². The highest BCUT2D eigenvalue weighted by atomic mass is 35.5. The first kappa shape index (κ1) is 10.8. The van der Waals surface area contributed by atoms with Gasteiger partial charge in [0.05, 0.1) is 5.69 Å². The number of nitrogens with zero attached hydrogens (tertiary/aromatic N) is 2. The standard InChI is InChI=1S/C10H9ClN2O3/c1-6-7(11)4-3-5-8(6)13-9(14)12(2)10(15)16-13/h3-5H,1-2H3. The summed E-state index contributed by atoms with van der Waals surface area (Å²) in [6, 6.07) is 5.04. The van der Waals surface area contributed by atoms with Gasteiger partial charge < -0.3 is 4.52 Å². The third kappa shape index (κ3) is 1.49. The Hall–Kier alpha value is -1.75. The summed E-state index contributed by atoms with van der Waals surface area (Å²) >= 11 is 5.92. The molecule has 6 heteroatoms. The SMILES string of the molecule is Cc1c(Cl)cccc1-n1oc(=O)n(C)c1=O. The van der Waals surface area contributed by atoms with Crippen LogP contribution in [0.2, 0.25) is 5.02 Å². The highest BCUT2D eigenvalue weighted by molar-refractivity contribution is 6.31. The summed E-state index contributed by atoms with van der Waals surface area (Å²) in [5, 5.41) is 0.510. The van der Waals surface area contributed by atoms with Crippen LogP contribution in [0.15, 0.2) is 32.3 Å². The molecule has 0 amide bonds. The van der Waals surface area contributed by atoms with Crippen LogP contribution >= 0.6 is 11.6 Å². The minimum atomic E-state index is -0.704.